The molecule has 1 radical (unpaired) electrons. The summed E-state index contributed by atoms with van der Waals surface area (Å²) < 4.78 is 0. The van der Waals surface area contributed by atoms with E-state index in [9.17, 15) is 0 Å². The highest BCUT2D eigenvalue weighted by Crippen LogP contribution is 2.45. The van der Waals surface area contributed by atoms with Gasteiger partial charge in [-0.2, -0.15) is 51.4 Å². The van der Waals surface area contributed by atoms with Gasteiger partial charge in [-0.3, -0.25) is 0 Å². The molecule has 0 unspecified atom stereocenters. The second-order valence-electron chi connectivity index (χ2n) is 21.0. The van der Waals surface area contributed by atoms with Crippen molar-refractivity contribution in [2.75, 3.05) is 0 Å². The predicted molar refractivity (Wildman–Crippen MR) is 221 cm³/mol. The van der Waals surface area contributed by atoms with Crippen LogP contribution >= 0.6 is 0 Å². The molecule has 0 nitrogen and oxygen atoms in total. The van der Waals surface area contributed by atoms with Gasteiger partial charge in [-0.1, -0.05) is 159 Å². The molecular formula is C36H71Si7-2. The quantitative estimate of drug-likeness (QED) is 0.168. The Hall–Kier alpha value is -0.0418. The van der Waals surface area contributed by atoms with Crippen molar-refractivity contribution >= 4 is 62.4 Å². The Morgan fingerprint density at radius 1 is 0.628 bits per heavy atom. The molecule has 0 atom stereocenters. The third-order valence-corrected chi connectivity index (χ3v) is 38.8. The van der Waals surface area contributed by atoms with Crippen molar-refractivity contribution in [2.24, 2.45) is 5.41 Å². The zero-order valence-corrected chi connectivity index (χ0v) is 39.6. The Morgan fingerprint density at radius 2 is 1.05 bits per heavy atom. The Bertz CT molecular complexity index is 1100. The second-order valence-corrected chi connectivity index (χ2v) is 56.1. The van der Waals surface area contributed by atoms with E-state index in [2.05, 4.69) is 175 Å². The van der Waals surface area contributed by atoms with Gasteiger partial charge in [0.2, 0.25) is 0 Å². The molecule has 0 saturated carbocycles. The minimum Gasteiger partial charge on any atom is -0.199 e. The topological polar surface area (TPSA) is 0 Å². The normalized spacial score (nSPS) is 16.6. The van der Waals surface area contributed by atoms with E-state index >= 15 is 0 Å². The van der Waals surface area contributed by atoms with Crippen molar-refractivity contribution in [1.82, 2.24) is 0 Å². The molecule has 0 bridgehead atoms. The van der Waals surface area contributed by atoms with Crippen LogP contribution in [0.2, 0.25) is 118 Å². The lowest BCUT2D eigenvalue weighted by Crippen LogP contribution is -2.56. The van der Waals surface area contributed by atoms with Crippen LogP contribution in [0.15, 0.2) is 35.2 Å². The molecule has 1 aromatic carbocycles. The maximum Gasteiger partial charge on any atom is 0.0480 e. The Balaban J connectivity index is 3.43. The summed E-state index contributed by atoms with van der Waals surface area (Å²) in [6, 6.07) is 5.75. The Morgan fingerprint density at radius 3 is 1.40 bits per heavy atom. The van der Waals surface area contributed by atoms with Crippen LogP contribution < -0.4 is 5.19 Å². The molecule has 1 aliphatic heterocycles. The number of hydrogen-bond acceptors (Lipinski definition) is 0. The van der Waals surface area contributed by atoms with E-state index in [0.29, 0.717) is 0 Å². The van der Waals surface area contributed by atoms with Crippen molar-refractivity contribution in [3.05, 3.63) is 63.5 Å². The van der Waals surface area contributed by atoms with Crippen molar-refractivity contribution in [1.29, 1.82) is 0 Å². The minimum atomic E-state index is -1.64. The lowest BCUT2D eigenvalue weighted by molar-refractivity contribution is 0.527. The lowest BCUT2D eigenvalue weighted by atomic mass is 9.95. The summed E-state index contributed by atoms with van der Waals surface area (Å²) in [6.45, 7) is 55.4. The van der Waals surface area contributed by atoms with Crippen LogP contribution in [0, 0.1) is 17.0 Å². The molecule has 0 aliphatic carbocycles. The van der Waals surface area contributed by atoms with Crippen LogP contribution in [0.4, 0.5) is 0 Å². The zero-order chi connectivity index (χ0) is 33.9. The van der Waals surface area contributed by atoms with Gasteiger partial charge in [-0.25, -0.2) is 0 Å². The first kappa shape index (κ1) is 39.1. The molecule has 1 aliphatic rings. The van der Waals surface area contributed by atoms with Gasteiger partial charge in [0.25, 0.3) is 0 Å². The second kappa shape index (κ2) is 12.5. The summed E-state index contributed by atoms with van der Waals surface area (Å²) in [5.74, 6) is 0. The van der Waals surface area contributed by atoms with Gasteiger partial charge >= 0.3 is 0 Å². The molecule has 0 saturated heterocycles. The van der Waals surface area contributed by atoms with Gasteiger partial charge in [0.1, 0.15) is 0 Å². The molecule has 1 aromatic rings. The van der Waals surface area contributed by atoms with Gasteiger partial charge in [0.15, 0.2) is 0 Å². The molecule has 1 heterocycles. The van der Waals surface area contributed by atoms with Crippen LogP contribution in [0.25, 0.3) is 0 Å². The van der Waals surface area contributed by atoms with Crippen LogP contribution in [-0.2, 0) is 0 Å². The van der Waals surface area contributed by atoms with Gasteiger partial charge in [-0.05, 0) is 10.3 Å². The lowest BCUT2D eigenvalue weighted by Gasteiger charge is -2.54. The molecule has 0 fully saturated rings. The number of rotatable bonds is 10. The summed E-state index contributed by atoms with van der Waals surface area (Å²) in [7, 11) is -10.4. The molecule has 2 rings (SSSR count). The molecule has 0 N–H and O–H groups in total. The third kappa shape index (κ3) is 9.28. The van der Waals surface area contributed by atoms with E-state index in [1.807, 2.05) is 15.9 Å². The highest BCUT2D eigenvalue weighted by Gasteiger charge is 2.43. The number of hydrogen-bond donors (Lipinski definition) is 0. The fraction of sp³-hybridized carbons (Fsp3) is 0.667. The first-order chi connectivity index (χ1) is 18.8. The van der Waals surface area contributed by atoms with E-state index in [0.717, 1.165) is 10.3 Å². The standard InChI is InChI=1S/C36H71Si7/c1-36(2,3)31-24-22-23-25-37(31)32-29(34(40(10,11)12)41(13,14)15)26-28(33(38(4,5)6)39(7,8)9)27-30(32)35(42(16,17)18)43(19,20)21/h22-27,33-34H,1-21H3/q-2. The van der Waals surface area contributed by atoms with Gasteiger partial charge in [0, 0.05) is 48.4 Å². The minimum absolute atomic E-state index is 0.161. The van der Waals surface area contributed by atoms with E-state index in [4.69, 9.17) is 0 Å². The maximum atomic E-state index is 2.89. The van der Waals surface area contributed by atoms with Crippen LogP contribution in [0.5, 0.6) is 0 Å². The fourth-order valence-electron chi connectivity index (χ4n) is 9.40. The van der Waals surface area contributed by atoms with Gasteiger partial charge < -0.3 is 0 Å². The monoisotopic (exact) mass is 699 g/mol. The predicted octanol–water partition coefficient (Wildman–Crippen LogP) is 11.6. The van der Waals surface area contributed by atoms with Crippen molar-refractivity contribution in [3.8, 4) is 0 Å². The molecule has 0 amide bonds. The highest BCUT2D eigenvalue weighted by atomic mass is 28.4. The molecule has 43 heavy (non-hydrogen) atoms. The Kier molecular flexibility index (Phi) is 11.4. The third-order valence-electron chi connectivity index (χ3n) is 9.07. The molecule has 0 spiro atoms. The largest absolute Gasteiger partial charge is 0.199 e. The van der Waals surface area contributed by atoms with Crippen LogP contribution in [0.1, 0.15) is 47.8 Å². The molecular weight excluding hydrogens is 629 g/mol. The maximum absolute atomic E-state index is 2.89. The van der Waals surface area contributed by atoms with Crippen LogP contribution in [0.3, 0.4) is 0 Å². The average Bonchev–Trinajstić information content (AvgIpc) is 2.66. The van der Waals surface area contributed by atoms with E-state index in [1.54, 1.807) is 16.3 Å². The summed E-state index contributed by atoms with van der Waals surface area (Å²) >= 11 is 0. The molecule has 7 heteroatoms. The van der Waals surface area contributed by atoms with E-state index in [-0.39, 0.29) is 5.41 Å². The average molecular weight is 701 g/mol. The van der Waals surface area contributed by atoms with Crippen molar-refractivity contribution in [3.63, 3.8) is 0 Å². The zero-order valence-electron chi connectivity index (χ0n) is 32.6. The first-order valence-corrected chi connectivity index (χ1v) is 39.9. The summed E-state index contributed by atoms with van der Waals surface area (Å²) in [4.78, 5) is 0. The summed E-state index contributed by atoms with van der Waals surface area (Å²) in [6.07, 6.45) is 7.24. The van der Waals surface area contributed by atoms with Gasteiger partial charge in [-0.15, -0.1) is 11.1 Å². The fourth-order valence-corrected chi connectivity index (χ4v) is 49.4. The van der Waals surface area contributed by atoms with E-state index in [1.165, 1.54) is 0 Å². The first-order valence-electron chi connectivity index (χ1n) is 17.0. The van der Waals surface area contributed by atoms with Crippen LogP contribution in [-0.4, -0.2) is 57.2 Å². The van der Waals surface area contributed by atoms with E-state index < -0.39 is 57.2 Å². The summed E-state index contributed by atoms with van der Waals surface area (Å²) in [5.41, 5.74) is 8.15. The van der Waals surface area contributed by atoms with Crippen molar-refractivity contribution in [2.45, 2.75) is 149 Å². The number of benzene rings is 1. The SMILES string of the molecule is CC(C)(C)C1=C[CH-]C=C[Si]1c1c([C-]([Si](C)(C)C)[Si](C)(C)C)cc(C([Si](C)(C)C)[Si](C)(C)C)cc1C([Si](C)(C)C)[Si](C)(C)C. The van der Waals surface area contributed by atoms with Crippen molar-refractivity contribution < 1.29 is 0 Å². The number of allylic oxidation sites excluding steroid dienone is 3. The molecule has 245 valence electrons. The highest BCUT2D eigenvalue weighted by molar-refractivity contribution is 7.04. The summed E-state index contributed by atoms with van der Waals surface area (Å²) in [5, 5.41) is 6.93. The Labute approximate surface area is 278 Å². The van der Waals surface area contributed by atoms with Gasteiger partial charge in [0.05, 0.1) is 0 Å². The molecule has 0 aromatic heterocycles. The smallest absolute Gasteiger partial charge is 0.0480 e.